The van der Waals surface area contributed by atoms with Gasteiger partial charge >= 0.3 is 11.6 Å². The van der Waals surface area contributed by atoms with Crippen LogP contribution in [0.2, 0.25) is 0 Å². The number of hydrogen-bond donors (Lipinski definition) is 0. The fourth-order valence-corrected chi connectivity index (χ4v) is 4.08. The van der Waals surface area contributed by atoms with Crippen LogP contribution in [0.15, 0.2) is 82.0 Å². The van der Waals surface area contributed by atoms with E-state index in [1.54, 1.807) is 19.1 Å². The van der Waals surface area contributed by atoms with Gasteiger partial charge in [0, 0.05) is 11.5 Å². The van der Waals surface area contributed by atoms with Crippen LogP contribution in [0.25, 0.3) is 22.1 Å². The van der Waals surface area contributed by atoms with Gasteiger partial charge in [-0.05, 0) is 42.3 Å². The van der Waals surface area contributed by atoms with Crippen molar-refractivity contribution in [2.24, 2.45) is 0 Å². The van der Waals surface area contributed by atoms with E-state index in [0.29, 0.717) is 35.7 Å². The number of esters is 1. The van der Waals surface area contributed by atoms with E-state index in [4.69, 9.17) is 13.9 Å². The fourth-order valence-electron chi connectivity index (χ4n) is 4.08. The Bertz CT molecular complexity index is 1360. The Morgan fingerprint density at radius 1 is 1.03 bits per heavy atom. The second-order valence-electron chi connectivity index (χ2n) is 7.47. The smallest absolute Gasteiger partial charge is 0.340 e. The topological polar surface area (TPSA) is 69.0 Å². The molecule has 4 aromatic rings. The first kappa shape index (κ1) is 19.9. The predicted octanol–water partition coefficient (Wildman–Crippen LogP) is 4.99. The summed E-state index contributed by atoms with van der Waals surface area (Å²) in [5.41, 5.74) is 3.75. The van der Waals surface area contributed by atoms with Crippen molar-refractivity contribution < 1.29 is 18.7 Å². The maximum absolute atomic E-state index is 12.5. The molecule has 5 rings (SSSR count). The molecule has 3 aromatic carbocycles. The van der Waals surface area contributed by atoms with Gasteiger partial charge in [-0.1, -0.05) is 42.5 Å². The van der Waals surface area contributed by atoms with Crippen LogP contribution in [0, 0.1) is 0 Å². The highest BCUT2D eigenvalue weighted by atomic mass is 16.5. The fraction of sp³-hybridized carbons (Fsp3) is 0.154. The largest absolute Gasteiger partial charge is 0.473 e. The molecule has 0 fully saturated rings. The number of rotatable bonds is 4. The molecule has 1 aromatic heterocycles. The molecule has 0 saturated carbocycles. The molecule has 0 saturated heterocycles. The van der Waals surface area contributed by atoms with E-state index in [1.807, 2.05) is 59.5 Å². The minimum atomic E-state index is -0.422. The van der Waals surface area contributed by atoms with E-state index in [0.717, 1.165) is 22.1 Å². The first-order chi connectivity index (χ1) is 15.7. The SMILES string of the molecule is CCOC(=O)c1ccccc1N1COc2ccc3c(-c4ccccc4)cc(=O)oc3c2C1. The van der Waals surface area contributed by atoms with Crippen LogP contribution in [0.5, 0.6) is 5.75 Å². The first-order valence-electron chi connectivity index (χ1n) is 10.4. The molecule has 2 heterocycles. The summed E-state index contributed by atoms with van der Waals surface area (Å²) in [7, 11) is 0. The molecule has 0 atom stereocenters. The highest BCUT2D eigenvalue weighted by Crippen LogP contribution is 2.37. The lowest BCUT2D eigenvalue weighted by atomic mass is 9.99. The summed E-state index contributed by atoms with van der Waals surface area (Å²) in [4.78, 5) is 26.8. The van der Waals surface area contributed by atoms with Gasteiger partial charge in [-0.3, -0.25) is 0 Å². The number of benzene rings is 3. The van der Waals surface area contributed by atoms with Crippen LogP contribution in [0.3, 0.4) is 0 Å². The van der Waals surface area contributed by atoms with Gasteiger partial charge in [-0.2, -0.15) is 0 Å². The predicted molar refractivity (Wildman–Crippen MR) is 122 cm³/mol. The summed E-state index contributed by atoms with van der Waals surface area (Å²) in [5, 5.41) is 0.832. The highest BCUT2D eigenvalue weighted by Gasteiger charge is 2.25. The van der Waals surface area contributed by atoms with E-state index < -0.39 is 5.63 Å². The minimum Gasteiger partial charge on any atom is -0.473 e. The number of hydrogen-bond acceptors (Lipinski definition) is 6. The summed E-state index contributed by atoms with van der Waals surface area (Å²) in [6.07, 6.45) is 0. The molecule has 6 nitrogen and oxygen atoms in total. The van der Waals surface area contributed by atoms with Gasteiger partial charge in [0.05, 0.1) is 30.0 Å². The van der Waals surface area contributed by atoms with Crippen LogP contribution in [-0.2, 0) is 11.3 Å². The van der Waals surface area contributed by atoms with Crippen LogP contribution >= 0.6 is 0 Å². The Labute approximate surface area is 184 Å². The summed E-state index contributed by atoms with van der Waals surface area (Å²) in [6, 6.07) is 22.3. The van der Waals surface area contributed by atoms with Crippen LogP contribution < -0.4 is 15.3 Å². The maximum atomic E-state index is 12.5. The van der Waals surface area contributed by atoms with E-state index in [9.17, 15) is 9.59 Å². The van der Waals surface area contributed by atoms with Crippen molar-refractivity contribution >= 4 is 22.6 Å². The molecule has 0 amide bonds. The lowest BCUT2D eigenvalue weighted by molar-refractivity contribution is 0.0527. The normalized spacial score (nSPS) is 12.8. The van der Waals surface area contributed by atoms with Gasteiger partial charge < -0.3 is 18.8 Å². The number of fused-ring (bicyclic) bond motifs is 3. The lowest BCUT2D eigenvalue weighted by Crippen LogP contribution is -2.33. The minimum absolute atomic E-state index is 0.261. The lowest BCUT2D eigenvalue weighted by Gasteiger charge is -2.32. The average molecular weight is 427 g/mol. The number of carbonyl (C=O) groups excluding carboxylic acids is 1. The zero-order valence-electron chi connectivity index (χ0n) is 17.5. The van der Waals surface area contributed by atoms with Crippen LogP contribution in [-0.4, -0.2) is 19.3 Å². The van der Waals surface area contributed by atoms with Crippen molar-refractivity contribution in [1.29, 1.82) is 0 Å². The Balaban J connectivity index is 1.62. The third-order valence-corrected chi connectivity index (χ3v) is 5.52. The standard InChI is InChI=1S/C26H21NO5/c1-2-30-26(29)19-10-6-7-11-22(19)27-15-21-23(31-16-27)13-12-18-20(14-24(28)32-25(18)21)17-8-4-3-5-9-17/h3-14H,2,15-16H2,1H3. The average Bonchev–Trinajstić information content (AvgIpc) is 2.84. The number of ether oxygens (including phenoxy) is 2. The number of carbonyl (C=O) groups is 1. The monoisotopic (exact) mass is 427 g/mol. The quantitative estimate of drug-likeness (QED) is 0.338. The van der Waals surface area contributed by atoms with Gasteiger partial charge in [0.25, 0.3) is 0 Å². The molecule has 0 radical (unpaired) electrons. The van der Waals surface area contributed by atoms with Crippen molar-refractivity contribution in [2.45, 2.75) is 13.5 Å². The molecule has 6 heteroatoms. The van der Waals surface area contributed by atoms with Gasteiger partial charge in [0.15, 0.2) is 6.73 Å². The molecular formula is C26H21NO5. The van der Waals surface area contributed by atoms with Gasteiger partial charge in [0.2, 0.25) is 0 Å². The molecule has 160 valence electrons. The molecule has 0 unspecified atom stereocenters. The molecule has 1 aliphatic rings. The summed E-state index contributed by atoms with van der Waals surface area (Å²) >= 11 is 0. The number of anilines is 1. The Hall–Kier alpha value is -4.06. The molecule has 1 aliphatic heterocycles. The van der Waals surface area contributed by atoms with E-state index in [-0.39, 0.29) is 12.7 Å². The van der Waals surface area contributed by atoms with Crippen molar-refractivity contribution in [2.75, 3.05) is 18.2 Å². The third-order valence-electron chi connectivity index (χ3n) is 5.52. The zero-order valence-corrected chi connectivity index (χ0v) is 17.5. The van der Waals surface area contributed by atoms with E-state index in [1.165, 1.54) is 6.07 Å². The van der Waals surface area contributed by atoms with E-state index >= 15 is 0 Å². The first-order valence-corrected chi connectivity index (χ1v) is 10.4. The summed E-state index contributed by atoms with van der Waals surface area (Å²) in [6.45, 7) is 2.76. The summed E-state index contributed by atoms with van der Waals surface area (Å²) < 4.78 is 16.9. The Morgan fingerprint density at radius 2 is 1.81 bits per heavy atom. The molecule has 32 heavy (non-hydrogen) atoms. The molecule has 0 aliphatic carbocycles. The second kappa shape index (κ2) is 8.23. The summed E-state index contributed by atoms with van der Waals surface area (Å²) in [5.74, 6) is 0.278. The number of nitrogens with zero attached hydrogens (tertiary/aromatic N) is 1. The maximum Gasteiger partial charge on any atom is 0.340 e. The van der Waals surface area contributed by atoms with Gasteiger partial charge in [-0.15, -0.1) is 0 Å². The van der Waals surface area contributed by atoms with Crippen molar-refractivity contribution in [3.8, 4) is 16.9 Å². The molecular weight excluding hydrogens is 406 g/mol. The molecule has 0 N–H and O–H groups in total. The molecule has 0 spiro atoms. The number of para-hydroxylation sites is 1. The van der Waals surface area contributed by atoms with E-state index in [2.05, 4.69) is 0 Å². The van der Waals surface area contributed by atoms with Crippen molar-refractivity contribution in [3.63, 3.8) is 0 Å². The highest BCUT2D eigenvalue weighted by molar-refractivity contribution is 5.97. The van der Waals surface area contributed by atoms with Crippen LogP contribution in [0.4, 0.5) is 5.69 Å². The second-order valence-corrected chi connectivity index (χ2v) is 7.47. The molecule has 0 bridgehead atoms. The van der Waals surface area contributed by atoms with Crippen molar-refractivity contribution in [1.82, 2.24) is 0 Å². The Kier molecular flexibility index (Phi) is 5.11. The van der Waals surface area contributed by atoms with Crippen LogP contribution in [0.1, 0.15) is 22.8 Å². The van der Waals surface area contributed by atoms with Gasteiger partial charge in [0.1, 0.15) is 11.3 Å². The zero-order chi connectivity index (χ0) is 22.1. The Morgan fingerprint density at radius 3 is 2.62 bits per heavy atom. The van der Waals surface area contributed by atoms with Crippen molar-refractivity contribution in [3.05, 3.63) is 94.3 Å². The van der Waals surface area contributed by atoms with Gasteiger partial charge in [-0.25, -0.2) is 9.59 Å². The third kappa shape index (κ3) is 3.50.